The normalized spacial score (nSPS) is 18.0. The number of fused-ring (bicyclic) bond motifs is 1. The average molecular weight is 364 g/mol. The summed E-state index contributed by atoms with van der Waals surface area (Å²) in [5.74, 6) is -0.273. The first-order valence-corrected chi connectivity index (χ1v) is 8.98. The van der Waals surface area contributed by atoms with Gasteiger partial charge in [-0.2, -0.15) is 13.2 Å². The highest BCUT2D eigenvalue weighted by Gasteiger charge is 2.42. The standard InChI is InChI=1S/C20H23F3N2O/c1-19(13-20(21,22)23,11-14-6-2-3-7-14)25-18(26)16-10-15-8-4-5-9-17(15)24-12-16/h4-5,8-10,12,14H,2-3,6-7,11,13H2,1H3,(H,25,26). The summed E-state index contributed by atoms with van der Waals surface area (Å²) >= 11 is 0. The Hall–Kier alpha value is -2.11. The van der Waals surface area contributed by atoms with Crippen LogP contribution in [0.1, 0.15) is 55.8 Å². The van der Waals surface area contributed by atoms with Gasteiger partial charge in [-0.25, -0.2) is 0 Å². The SMILES string of the molecule is CC(CC1CCCC1)(CC(F)(F)F)NC(=O)c1cnc2ccccc2c1. The maximum absolute atomic E-state index is 13.1. The van der Waals surface area contributed by atoms with E-state index in [0.29, 0.717) is 6.42 Å². The van der Waals surface area contributed by atoms with Crippen molar-refractivity contribution in [2.75, 3.05) is 0 Å². The zero-order chi connectivity index (χ0) is 18.8. The zero-order valence-corrected chi connectivity index (χ0v) is 14.8. The molecule has 1 unspecified atom stereocenters. The van der Waals surface area contributed by atoms with Gasteiger partial charge in [-0.1, -0.05) is 43.9 Å². The summed E-state index contributed by atoms with van der Waals surface area (Å²) in [6, 6.07) is 9.00. The van der Waals surface area contributed by atoms with E-state index in [1.54, 1.807) is 6.07 Å². The van der Waals surface area contributed by atoms with E-state index in [-0.39, 0.29) is 11.5 Å². The molecular formula is C20H23F3N2O. The number of carbonyl (C=O) groups excluding carboxylic acids is 1. The van der Waals surface area contributed by atoms with Crippen molar-refractivity contribution in [1.29, 1.82) is 0 Å². The molecule has 1 aliphatic carbocycles. The molecule has 0 saturated heterocycles. The predicted octanol–water partition coefficient (Wildman–Crippen LogP) is 5.26. The Labute approximate surface area is 151 Å². The monoisotopic (exact) mass is 364 g/mol. The molecule has 0 radical (unpaired) electrons. The second-order valence-electron chi connectivity index (χ2n) is 7.58. The van der Waals surface area contributed by atoms with Crippen molar-refractivity contribution in [1.82, 2.24) is 10.3 Å². The molecule has 3 nitrogen and oxygen atoms in total. The molecule has 1 fully saturated rings. The van der Waals surface area contributed by atoms with E-state index in [1.165, 1.54) is 13.1 Å². The third-order valence-electron chi connectivity index (χ3n) is 5.07. The van der Waals surface area contributed by atoms with Crippen LogP contribution in [0.25, 0.3) is 10.9 Å². The Kier molecular flexibility index (Phi) is 5.21. The van der Waals surface area contributed by atoms with E-state index < -0.39 is 24.0 Å². The van der Waals surface area contributed by atoms with Crippen molar-refractivity contribution < 1.29 is 18.0 Å². The second-order valence-corrected chi connectivity index (χ2v) is 7.58. The molecule has 1 atom stereocenters. The number of hydrogen-bond donors (Lipinski definition) is 1. The number of nitrogens with zero attached hydrogens (tertiary/aromatic N) is 1. The Bertz CT molecular complexity index is 784. The van der Waals surface area contributed by atoms with Gasteiger partial charge in [0.2, 0.25) is 0 Å². The molecule has 1 amide bonds. The summed E-state index contributed by atoms with van der Waals surface area (Å²) in [6.45, 7) is 1.51. The van der Waals surface area contributed by atoms with Gasteiger partial charge >= 0.3 is 6.18 Å². The van der Waals surface area contributed by atoms with Crippen molar-refractivity contribution in [2.45, 2.75) is 57.2 Å². The van der Waals surface area contributed by atoms with Gasteiger partial charge in [-0.05, 0) is 31.4 Å². The van der Waals surface area contributed by atoms with Gasteiger partial charge in [0.05, 0.1) is 17.5 Å². The molecule has 0 spiro atoms. The number of benzene rings is 1. The van der Waals surface area contributed by atoms with E-state index in [9.17, 15) is 18.0 Å². The van der Waals surface area contributed by atoms with E-state index >= 15 is 0 Å². The highest BCUT2D eigenvalue weighted by Crippen LogP contribution is 2.37. The van der Waals surface area contributed by atoms with Crippen LogP contribution in [-0.4, -0.2) is 22.6 Å². The van der Waals surface area contributed by atoms with Gasteiger partial charge in [0.1, 0.15) is 0 Å². The predicted molar refractivity (Wildman–Crippen MR) is 94.9 cm³/mol. The molecule has 2 aromatic rings. The molecule has 140 valence electrons. The summed E-state index contributed by atoms with van der Waals surface area (Å²) in [5, 5.41) is 3.44. The van der Waals surface area contributed by atoms with Crippen LogP contribution in [0.2, 0.25) is 0 Å². The number of para-hydroxylation sites is 1. The lowest BCUT2D eigenvalue weighted by molar-refractivity contribution is -0.149. The van der Waals surface area contributed by atoms with Crippen molar-refractivity contribution >= 4 is 16.8 Å². The van der Waals surface area contributed by atoms with Crippen LogP contribution in [0.4, 0.5) is 13.2 Å². The molecule has 1 aliphatic rings. The zero-order valence-electron chi connectivity index (χ0n) is 14.8. The maximum atomic E-state index is 13.1. The number of carbonyl (C=O) groups is 1. The topological polar surface area (TPSA) is 42.0 Å². The molecule has 1 heterocycles. The lowest BCUT2D eigenvalue weighted by Crippen LogP contribution is -2.49. The minimum atomic E-state index is -4.33. The first-order chi connectivity index (χ1) is 12.2. The van der Waals surface area contributed by atoms with Gasteiger partial charge in [-0.3, -0.25) is 9.78 Å². The number of aromatic nitrogens is 1. The maximum Gasteiger partial charge on any atom is 0.391 e. The van der Waals surface area contributed by atoms with Gasteiger partial charge in [0, 0.05) is 17.1 Å². The summed E-state index contributed by atoms with van der Waals surface area (Å²) in [7, 11) is 0. The first-order valence-electron chi connectivity index (χ1n) is 8.98. The lowest BCUT2D eigenvalue weighted by Gasteiger charge is -2.34. The van der Waals surface area contributed by atoms with Crippen LogP contribution in [0.3, 0.4) is 0 Å². The molecule has 1 N–H and O–H groups in total. The molecular weight excluding hydrogens is 341 g/mol. The smallest absolute Gasteiger partial charge is 0.346 e. The van der Waals surface area contributed by atoms with Gasteiger partial charge in [0.15, 0.2) is 0 Å². The number of halogens is 3. The molecule has 26 heavy (non-hydrogen) atoms. The summed E-state index contributed by atoms with van der Waals surface area (Å²) < 4.78 is 39.4. The van der Waals surface area contributed by atoms with Crippen LogP contribution < -0.4 is 5.32 Å². The van der Waals surface area contributed by atoms with Gasteiger partial charge < -0.3 is 5.32 Å². The largest absolute Gasteiger partial charge is 0.391 e. The van der Waals surface area contributed by atoms with Crippen LogP contribution in [0.5, 0.6) is 0 Å². The highest BCUT2D eigenvalue weighted by molar-refractivity contribution is 5.97. The van der Waals surface area contributed by atoms with Crippen LogP contribution in [-0.2, 0) is 0 Å². The third-order valence-corrected chi connectivity index (χ3v) is 5.07. The molecule has 0 aliphatic heterocycles. The van der Waals surface area contributed by atoms with Crippen molar-refractivity contribution in [3.05, 3.63) is 42.1 Å². The fraction of sp³-hybridized carbons (Fsp3) is 0.500. The van der Waals surface area contributed by atoms with E-state index in [1.807, 2.05) is 24.3 Å². The molecule has 6 heteroatoms. The van der Waals surface area contributed by atoms with Gasteiger partial charge in [0.25, 0.3) is 5.91 Å². The minimum Gasteiger partial charge on any atom is -0.346 e. The van der Waals surface area contributed by atoms with Crippen molar-refractivity contribution in [3.63, 3.8) is 0 Å². The second kappa shape index (κ2) is 7.25. The van der Waals surface area contributed by atoms with Crippen LogP contribution >= 0.6 is 0 Å². The van der Waals surface area contributed by atoms with Crippen LogP contribution in [0.15, 0.2) is 36.5 Å². The minimum absolute atomic E-state index is 0.234. The number of rotatable bonds is 5. The summed E-state index contributed by atoms with van der Waals surface area (Å²) in [6.07, 6.45) is 0.373. The summed E-state index contributed by atoms with van der Waals surface area (Å²) in [5.41, 5.74) is -0.285. The van der Waals surface area contributed by atoms with Crippen LogP contribution in [0, 0.1) is 5.92 Å². The Morgan fingerprint density at radius 3 is 2.62 bits per heavy atom. The Morgan fingerprint density at radius 1 is 1.23 bits per heavy atom. The molecule has 0 bridgehead atoms. The molecule has 3 rings (SSSR count). The highest BCUT2D eigenvalue weighted by atomic mass is 19.4. The lowest BCUT2D eigenvalue weighted by atomic mass is 9.84. The Morgan fingerprint density at radius 2 is 1.92 bits per heavy atom. The number of alkyl halides is 3. The number of pyridine rings is 1. The summed E-state index contributed by atoms with van der Waals surface area (Å²) in [4.78, 5) is 16.9. The Balaban J connectivity index is 1.80. The number of hydrogen-bond acceptors (Lipinski definition) is 2. The quantitative estimate of drug-likeness (QED) is 0.787. The van der Waals surface area contributed by atoms with Gasteiger partial charge in [-0.15, -0.1) is 0 Å². The van der Waals surface area contributed by atoms with E-state index in [4.69, 9.17) is 0 Å². The number of nitrogens with one attached hydrogen (secondary N) is 1. The molecule has 1 aromatic carbocycles. The van der Waals surface area contributed by atoms with Crippen molar-refractivity contribution in [3.8, 4) is 0 Å². The van der Waals surface area contributed by atoms with Crippen molar-refractivity contribution in [2.24, 2.45) is 5.92 Å². The fourth-order valence-corrected chi connectivity index (χ4v) is 4.00. The third kappa shape index (κ3) is 4.74. The number of amides is 1. The van der Waals surface area contributed by atoms with E-state index in [2.05, 4.69) is 10.3 Å². The molecule has 1 saturated carbocycles. The molecule has 1 aromatic heterocycles. The average Bonchev–Trinajstić information content (AvgIpc) is 3.04. The van der Waals surface area contributed by atoms with E-state index in [0.717, 1.165) is 36.6 Å². The fourth-order valence-electron chi connectivity index (χ4n) is 4.00. The first kappa shape index (κ1) is 18.7.